The highest BCUT2D eigenvalue weighted by Gasteiger charge is 2.46. The Morgan fingerprint density at radius 3 is 2.58 bits per heavy atom. The van der Waals surface area contributed by atoms with Gasteiger partial charge in [0.25, 0.3) is 5.56 Å². The molecule has 2 N–H and O–H groups in total. The number of carboxylic acids is 1. The number of aryl methyl sites for hydroxylation is 1. The maximum atomic E-state index is 13.5. The zero-order valence-corrected chi connectivity index (χ0v) is 21.8. The fourth-order valence-corrected chi connectivity index (χ4v) is 6.78. The first-order chi connectivity index (χ1) is 17.1. The Hall–Kier alpha value is -2.58. The summed E-state index contributed by atoms with van der Waals surface area (Å²) < 4.78 is 28.5. The lowest BCUT2D eigenvalue weighted by Crippen LogP contribution is -2.62. The molecule has 2 fully saturated rings. The summed E-state index contributed by atoms with van der Waals surface area (Å²) in [6.07, 6.45) is 2.70. The maximum absolute atomic E-state index is 13.5. The number of carbonyl (C=O) groups is 2. The smallest absolute Gasteiger partial charge is 0.327 e. The number of amides is 1. The maximum Gasteiger partial charge on any atom is 0.327 e. The lowest BCUT2D eigenvalue weighted by atomic mass is 9.85. The number of aromatic nitrogens is 2. The summed E-state index contributed by atoms with van der Waals surface area (Å²) in [5.41, 5.74) is 0.0630. The van der Waals surface area contributed by atoms with E-state index >= 15 is 0 Å². The minimum atomic E-state index is -4.09. The summed E-state index contributed by atoms with van der Waals surface area (Å²) in [5.74, 6) is -2.07. The number of carbonyl (C=O) groups excluding carboxylic acids is 1. The second-order valence-electron chi connectivity index (χ2n) is 8.69. The quantitative estimate of drug-likeness (QED) is 0.518. The van der Waals surface area contributed by atoms with Crippen LogP contribution in [0.2, 0.25) is 4.34 Å². The molecular formula is C22H26ClN5O6S2. The van der Waals surface area contributed by atoms with E-state index in [4.69, 9.17) is 11.6 Å². The molecule has 4 rings (SSSR count). The summed E-state index contributed by atoms with van der Waals surface area (Å²) in [4.78, 5) is 39.6. The van der Waals surface area contributed by atoms with Crippen LogP contribution in [0.4, 0.5) is 0 Å². The van der Waals surface area contributed by atoms with Crippen LogP contribution in [0.15, 0.2) is 34.5 Å². The monoisotopic (exact) mass is 555 g/mol. The number of aliphatic carboxylic acids is 1. The van der Waals surface area contributed by atoms with Gasteiger partial charge >= 0.3 is 5.97 Å². The molecule has 2 saturated heterocycles. The largest absolute Gasteiger partial charge is 0.480 e. The van der Waals surface area contributed by atoms with E-state index in [0.717, 1.165) is 14.4 Å². The van der Waals surface area contributed by atoms with Gasteiger partial charge in [0.15, 0.2) is 0 Å². The van der Waals surface area contributed by atoms with Crippen LogP contribution in [0.5, 0.6) is 0 Å². The molecular weight excluding hydrogens is 530 g/mol. The lowest BCUT2D eigenvalue weighted by Gasteiger charge is -2.45. The fourth-order valence-electron chi connectivity index (χ4n) is 4.60. The van der Waals surface area contributed by atoms with E-state index in [9.17, 15) is 27.9 Å². The number of hydrogen-bond donors (Lipinski definition) is 2. The second-order valence-corrected chi connectivity index (χ2v) is 12.3. The molecule has 0 spiro atoms. The number of sulfonamides is 1. The lowest BCUT2D eigenvalue weighted by molar-refractivity contribution is -0.158. The number of thiophene rings is 1. The molecule has 2 atom stereocenters. The molecule has 0 radical (unpaired) electrons. The molecule has 2 aromatic heterocycles. The summed E-state index contributed by atoms with van der Waals surface area (Å²) in [6.45, 7) is 0.455. The number of halogens is 1. The molecule has 0 saturated carbocycles. The average molecular weight is 556 g/mol. The topological polar surface area (TPSA) is 142 Å². The Bertz CT molecular complexity index is 1330. The molecule has 0 aliphatic carbocycles. The second kappa shape index (κ2) is 10.8. The molecule has 2 unspecified atom stereocenters. The molecule has 4 heterocycles. The summed E-state index contributed by atoms with van der Waals surface area (Å²) in [5, 5.41) is 18.6. The van der Waals surface area contributed by atoms with Gasteiger partial charge < -0.3 is 15.3 Å². The van der Waals surface area contributed by atoms with Crippen molar-refractivity contribution in [2.45, 2.75) is 24.9 Å². The van der Waals surface area contributed by atoms with Crippen LogP contribution in [0.3, 0.4) is 0 Å². The van der Waals surface area contributed by atoms with Crippen LogP contribution in [-0.2, 0) is 26.7 Å². The third-order valence-electron chi connectivity index (χ3n) is 6.37. The highest BCUT2D eigenvalue weighted by molar-refractivity contribution is 7.92. The van der Waals surface area contributed by atoms with E-state index in [1.54, 1.807) is 12.1 Å². The van der Waals surface area contributed by atoms with E-state index in [2.05, 4.69) is 10.4 Å². The first-order valence-electron chi connectivity index (χ1n) is 11.3. The highest BCUT2D eigenvalue weighted by Crippen LogP contribution is 2.36. The van der Waals surface area contributed by atoms with Gasteiger partial charge in [-0.05, 0) is 56.1 Å². The number of hydrogen-bond acceptors (Lipinski definition) is 8. The van der Waals surface area contributed by atoms with E-state index < -0.39 is 47.1 Å². The predicted octanol–water partition coefficient (Wildman–Crippen LogP) is 1.13. The summed E-state index contributed by atoms with van der Waals surface area (Å²) >= 11 is 7.08. The van der Waals surface area contributed by atoms with Crippen molar-refractivity contribution >= 4 is 50.9 Å². The fraction of sp³-hybridized carbons (Fsp3) is 0.455. The van der Waals surface area contributed by atoms with Gasteiger partial charge in [0.1, 0.15) is 6.04 Å². The van der Waals surface area contributed by atoms with E-state index in [-0.39, 0.29) is 11.5 Å². The minimum Gasteiger partial charge on any atom is -0.480 e. The Kier molecular flexibility index (Phi) is 7.95. The van der Waals surface area contributed by atoms with Crippen LogP contribution in [0.1, 0.15) is 29.5 Å². The molecule has 1 amide bonds. The molecule has 2 aliphatic heterocycles. The molecule has 0 bridgehead atoms. The van der Waals surface area contributed by atoms with E-state index in [0.29, 0.717) is 40.8 Å². The number of rotatable bonds is 7. The average Bonchev–Trinajstić information content (AvgIpc) is 3.26. The first-order valence-corrected chi connectivity index (χ1v) is 14.0. The van der Waals surface area contributed by atoms with Crippen molar-refractivity contribution in [1.29, 1.82) is 0 Å². The van der Waals surface area contributed by atoms with Crippen LogP contribution in [0.25, 0.3) is 6.08 Å². The van der Waals surface area contributed by atoms with Crippen molar-refractivity contribution in [2.75, 3.05) is 26.2 Å². The molecule has 0 aromatic carbocycles. The molecule has 14 heteroatoms. The standard InChI is InChI=1S/C22H26ClN5O6S2/c1-26-19(29)5-3-16(25-26)21(14-6-9-24-10-7-14)28-17(22(31)32)12-27(13-20(28)30)36(33,34)11-8-15-2-4-18(23)35-15/h2-5,8,11,14,17,21,24H,6-7,9-10,12-13H2,1H3,(H,31,32). The highest BCUT2D eigenvalue weighted by atomic mass is 35.5. The number of nitrogens with zero attached hydrogens (tertiary/aromatic N) is 4. The van der Waals surface area contributed by atoms with Crippen LogP contribution in [0, 0.1) is 5.92 Å². The number of piperidine rings is 1. The molecule has 2 aromatic rings. The number of piperazine rings is 1. The Morgan fingerprint density at radius 2 is 1.97 bits per heavy atom. The van der Waals surface area contributed by atoms with Crippen molar-refractivity contribution in [3.05, 3.63) is 54.9 Å². The van der Waals surface area contributed by atoms with Gasteiger partial charge in [-0.2, -0.15) is 9.40 Å². The van der Waals surface area contributed by atoms with Crippen LogP contribution < -0.4 is 10.9 Å². The van der Waals surface area contributed by atoms with Crippen molar-refractivity contribution in [3.8, 4) is 0 Å². The Labute approximate surface area is 217 Å². The normalized spacial score (nSPS) is 21.2. The van der Waals surface area contributed by atoms with Crippen molar-refractivity contribution < 1.29 is 23.1 Å². The van der Waals surface area contributed by atoms with Gasteiger partial charge in [0, 0.05) is 29.9 Å². The molecule has 11 nitrogen and oxygen atoms in total. The molecule has 2 aliphatic rings. The van der Waals surface area contributed by atoms with Crippen LogP contribution >= 0.6 is 22.9 Å². The third-order valence-corrected chi connectivity index (χ3v) is 9.04. The van der Waals surface area contributed by atoms with E-state index in [1.807, 2.05) is 0 Å². The number of carboxylic acid groups (broad SMARTS) is 1. The third kappa shape index (κ3) is 5.70. The zero-order valence-electron chi connectivity index (χ0n) is 19.4. The minimum absolute atomic E-state index is 0.117. The van der Waals surface area contributed by atoms with Crippen LogP contribution in [-0.4, -0.2) is 76.6 Å². The Morgan fingerprint density at radius 1 is 1.25 bits per heavy atom. The molecule has 36 heavy (non-hydrogen) atoms. The van der Waals surface area contributed by atoms with Gasteiger partial charge in [-0.1, -0.05) is 11.6 Å². The summed E-state index contributed by atoms with van der Waals surface area (Å²) in [7, 11) is -2.60. The van der Waals surface area contributed by atoms with Gasteiger partial charge in [0.2, 0.25) is 15.9 Å². The van der Waals surface area contributed by atoms with Gasteiger partial charge in [-0.25, -0.2) is 17.9 Å². The number of nitrogens with one attached hydrogen (secondary N) is 1. The van der Waals surface area contributed by atoms with Crippen molar-refractivity contribution in [3.63, 3.8) is 0 Å². The zero-order chi connectivity index (χ0) is 26.0. The van der Waals surface area contributed by atoms with E-state index in [1.165, 1.54) is 41.5 Å². The van der Waals surface area contributed by atoms with Crippen molar-refractivity contribution in [2.24, 2.45) is 13.0 Å². The predicted molar refractivity (Wildman–Crippen MR) is 135 cm³/mol. The van der Waals surface area contributed by atoms with Gasteiger partial charge in [-0.15, -0.1) is 11.3 Å². The van der Waals surface area contributed by atoms with Crippen molar-refractivity contribution in [1.82, 2.24) is 24.3 Å². The molecule has 194 valence electrons. The SMILES string of the molecule is Cn1nc(C(C2CCNCC2)N2C(=O)CN(S(=O)(=O)C=Cc3ccc(Cl)s3)CC2C(=O)O)ccc1=O. The summed E-state index contributed by atoms with van der Waals surface area (Å²) in [6, 6.07) is 3.99. The first kappa shape index (κ1) is 26.5. The van der Waals surface area contributed by atoms with Gasteiger partial charge in [-0.3, -0.25) is 9.59 Å². The van der Waals surface area contributed by atoms with Gasteiger partial charge in [0.05, 0.1) is 22.6 Å². The Balaban J connectivity index is 1.67.